The normalized spacial score (nSPS) is 9.59. The van der Waals surface area contributed by atoms with E-state index >= 15 is 0 Å². The van der Waals surface area contributed by atoms with Crippen LogP contribution in [0.4, 0.5) is 0 Å². The third-order valence-electron chi connectivity index (χ3n) is 2.07. The lowest BCUT2D eigenvalue weighted by atomic mass is 10.3. The number of hydrogen-bond donors (Lipinski definition) is 3. The molecule has 17 heavy (non-hydrogen) atoms. The van der Waals surface area contributed by atoms with Gasteiger partial charge in [0.25, 0.3) is 0 Å². The molecule has 0 bridgehead atoms. The van der Waals surface area contributed by atoms with Crippen LogP contribution in [-0.2, 0) is 0 Å². The van der Waals surface area contributed by atoms with E-state index in [0.29, 0.717) is 0 Å². The zero-order chi connectivity index (χ0) is 13.7. The molecule has 0 radical (unpaired) electrons. The van der Waals surface area contributed by atoms with Crippen LogP contribution in [0, 0.1) is 0 Å². The minimum atomic E-state index is -2.17. The van der Waals surface area contributed by atoms with Crippen molar-refractivity contribution < 1.29 is 19.6 Å². The zero-order valence-electron chi connectivity index (χ0n) is 10.3. The summed E-state index contributed by atoms with van der Waals surface area (Å²) < 4.78 is 0.903. The van der Waals surface area contributed by atoms with Crippen molar-refractivity contribution in [3.8, 4) is 0 Å². The molecule has 0 aliphatic heterocycles. The maximum Gasteiger partial charge on any atom is 0.631 e. The topological polar surface area (TPSA) is 60.7 Å². The molecule has 0 fully saturated rings. The molecule has 0 aromatic carbocycles. The minimum absolute atomic E-state index is 0.903. The molecule has 0 aliphatic carbocycles. The predicted octanol–water partition coefficient (Wildman–Crippen LogP) is 0.495. The van der Waals surface area contributed by atoms with Gasteiger partial charge in [-0.15, -0.1) is 0 Å². The van der Waals surface area contributed by atoms with E-state index in [1.165, 1.54) is 0 Å². The molecule has 3 N–H and O–H groups in total. The van der Waals surface area contributed by atoms with E-state index in [1.807, 2.05) is 24.3 Å². The number of nitrogens with zero attached hydrogens (tertiary/aromatic N) is 1. The van der Waals surface area contributed by atoms with Crippen LogP contribution in [0.1, 0.15) is 0 Å². The molecular formula is C12H23BNO3+. The van der Waals surface area contributed by atoms with Gasteiger partial charge in [0.1, 0.15) is 0 Å². The van der Waals surface area contributed by atoms with Crippen molar-refractivity contribution >= 4 is 7.32 Å². The number of rotatable bonds is 8. The summed E-state index contributed by atoms with van der Waals surface area (Å²) in [5.74, 6) is 0. The lowest BCUT2D eigenvalue weighted by Crippen LogP contribution is -2.48. The van der Waals surface area contributed by atoms with Gasteiger partial charge in [0.2, 0.25) is 0 Å². The Balaban J connectivity index is 0. The molecule has 0 unspecified atom stereocenters. The molecular weight excluding hydrogens is 217 g/mol. The third kappa shape index (κ3) is 11.1. The molecule has 0 atom stereocenters. The van der Waals surface area contributed by atoms with E-state index in [4.69, 9.17) is 15.1 Å². The third-order valence-corrected chi connectivity index (χ3v) is 2.07. The summed E-state index contributed by atoms with van der Waals surface area (Å²) in [5.41, 5.74) is 0. The van der Waals surface area contributed by atoms with Gasteiger partial charge in [-0.25, -0.2) is 0 Å². The Morgan fingerprint density at radius 3 is 1.00 bits per heavy atom. The molecule has 0 saturated carbocycles. The number of quaternary nitrogens is 1. The maximum atomic E-state index is 7.17. The van der Waals surface area contributed by atoms with E-state index in [9.17, 15) is 0 Å². The lowest BCUT2D eigenvalue weighted by Gasteiger charge is -2.35. The molecule has 0 aliphatic rings. The van der Waals surface area contributed by atoms with Gasteiger partial charge in [-0.2, -0.15) is 0 Å². The number of hydrogen-bond acceptors (Lipinski definition) is 3. The summed E-state index contributed by atoms with van der Waals surface area (Å²) in [4.78, 5) is 0. The molecule has 0 aromatic rings. The monoisotopic (exact) mass is 240 g/mol. The first-order valence-corrected chi connectivity index (χ1v) is 5.31. The van der Waals surface area contributed by atoms with Gasteiger partial charge in [0, 0.05) is 0 Å². The largest absolute Gasteiger partial charge is 0.631 e. The molecule has 5 heteroatoms. The van der Waals surface area contributed by atoms with E-state index in [-0.39, 0.29) is 0 Å². The van der Waals surface area contributed by atoms with Gasteiger partial charge in [-0.05, 0) is 24.3 Å². The summed E-state index contributed by atoms with van der Waals surface area (Å²) >= 11 is 0. The predicted molar refractivity (Wildman–Crippen MR) is 72.9 cm³/mol. The van der Waals surface area contributed by atoms with Crippen molar-refractivity contribution in [2.24, 2.45) is 0 Å². The van der Waals surface area contributed by atoms with Crippen molar-refractivity contribution in [2.45, 2.75) is 0 Å². The Bertz CT molecular complexity index is 194. The Morgan fingerprint density at radius 2 is 0.882 bits per heavy atom. The smallest absolute Gasteiger partial charge is 0.402 e. The first-order chi connectivity index (χ1) is 7.97. The Kier molecular flexibility index (Phi) is 12.2. The SMILES string of the molecule is C=CC[N+](CC=C)(CC=C)CC=C.OB(O)O. The fourth-order valence-electron chi connectivity index (χ4n) is 1.54. The van der Waals surface area contributed by atoms with E-state index in [0.717, 1.165) is 30.7 Å². The first-order valence-electron chi connectivity index (χ1n) is 5.31. The van der Waals surface area contributed by atoms with Crippen molar-refractivity contribution in [1.29, 1.82) is 0 Å². The van der Waals surface area contributed by atoms with Gasteiger partial charge in [-0.3, -0.25) is 0 Å². The van der Waals surface area contributed by atoms with Crippen LogP contribution >= 0.6 is 0 Å². The van der Waals surface area contributed by atoms with Crippen LogP contribution in [0.5, 0.6) is 0 Å². The molecule has 0 aromatic heterocycles. The second-order valence-corrected chi connectivity index (χ2v) is 3.57. The zero-order valence-corrected chi connectivity index (χ0v) is 10.3. The lowest BCUT2D eigenvalue weighted by molar-refractivity contribution is -0.906. The summed E-state index contributed by atoms with van der Waals surface area (Å²) in [6.07, 6.45) is 7.76. The van der Waals surface area contributed by atoms with E-state index < -0.39 is 7.32 Å². The van der Waals surface area contributed by atoms with Gasteiger partial charge < -0.3 is 19.6 Å². The van der Waals surface area contributed by atoms with Gasteiger partial charge >= 0.3 is 7.32 Å². The van der Waals surface area contributed by atoms with Crippen LogP contribution in [0.2, 0.25) is 0 Å². The Morgan fingerprint density at radius 1 is 0.706 bits per heavy atom. The van der Waals surface area contributed by atoms with Crippen molar-refractivity contribution in [2.75, 3.05) is 26.2 Å². The second kappa shape index (κ2) is 11.4. The highest BCUT2D eigenvalue weighted by Gasteiger charge is 2.20. The molecule has 0 rings (SSSR count). The molecule has 0 saturated heterocycles. The van der Waals surface area contributed by atoms with Crippen LogP contribution in [-0.4, -0.2) is 53.1 Å². The standard InChI is InChI=1S/C12H20N.BH3O3/c1-5-9-13(10-6-2,11-7-3)12-8-4;2-1(3)4/h5-8H,1-4,9-12H2;2-4H/q+1;. The highest BCUT2D eigenvalue weighted by Crippen LogP contribution is 2.07. The fraction of sp³-hybridized carbons (Fsp3) is 0.333. The van der Waals surface area contributed by atoms with E-state index in [1.54, 1.807) is 0 Å². The van der Waals surface area contributed by atoms with Gasteiger partial charge in [-0.1, -0.05) is 26.3 Å². The van der Waals surface area contributed by atoms with Crippen molar-refractivity contribution in [1.82, 2.24) is 0 Å². The average molecular weight is 240 g/mol. The highest BCUT2D eigenvalue weighted by molar-refractivity contribution is 6.30. The van der Waals surface area contributed by atoms with E-state index in [2.05, 4.69) is 26.3 Å². The molecule has 0 amide bonds. The second-order valence-electron chi connectivity index (χ2n) is 3.57. The Hall–Kier alpha value is -1.14. The average Bonchev–Trinajstić information content (AvgIpc) is 2.18. The van der Waals surface area contributed by atoms with Crippen molar-refractivity contribution in [3.63, 3.8) is 0 Å². The van der Waals surface area contributed by atoms with Crippen molar-refractivity contribution in [3.05, 3.63) is 50.6 Å². The highest BCUT2D eigenvalue weighted by atomic mass is 16.5. The van der Waals surface area contributed by atoms with Gasteiger partial charge in [0.05, 0.1) is 26.2 Å². The molecule has 0 heterocycles. The minimum Gasteiger partial charge on any atom is -0.402 e. The van der Waals surface area contributed by atoms with Crippen LogP contribution < -0.4 is 0 Å². The quantitative estimate of drug-likeness (QED) is 0.329. The van der Waals surface area contributed by atoms with Crippen LogP contribution in [0.25, 0.3) is 0 Å². The molecule has 4 nitrogen and oxygen atoms in total. The van der Waals surface area contributed by atoms with Gasteiger partial charge in [0.15, 0.2) is 0 Å². The maximum absolute atomic E-state index is 7.17. The van der Waals surface area contributed by atoms with Crippen LogP contribution in [0.15, 0.2) is 50.6 Å². The summed E-state index contributed by atoms with van der Waals surface area (Å²) in [6.45, 7) is 18.8. The summed E-state index contributed by atoms with van der Waals surface area (Å²) in [6, 6.07) is 0. The summed E-state index contributed by atoms with van der Waals surface area (Å²) in [7, 11) is -2.17. The summed E-state index contributed by atoms with van der Waals surface area (Å²) in [5, 5.41) is 21.5. The molecule has 96 valence electrons. The van der Waals surface area contributed by atoms with Crippen LogP contribution in [0.3, 0.4) is 0 Å². The fourth-order valence-corrected chi connectivity index (χ4v) is 1.54. The molecule has 0 spiro atoms. The first kappa shape index (κ1) is 18.2. The Labute approximate surface area is 104 Å².